The van der Waals surface area contributed by atoms with Crippen molar-refractivity contribution in [2.75, 3.05) is 0 Å². The first-order chi connectivity index (χ1) is 9.02. The molecule has 1 fully saturated rings. The van der Waals surface area contributed by atoms with Gasteiger partial charge in [-0.25, -0.2) is 4.39 Å². The number of carbonyl (C=O) groups excluding carboxylic acids is 1. The Labute approximate surface area is 119 Å². The van der Waals surface area contributed by atoms with E-state index in [1.807, 2.05) is 0 Å². The van der Waals surface area contributed by atoms with Crippen molar-refractivity contribution in [2.24, 2.45) is 0 Å². The molecule has 0 aromatic heterocycles. The topological polar surface area (TPSA) is 52.9 Å². The van der Waals surface area contributed by atoms with Crippen LogP contribution in [0, 0.1) is 17.1 Å². The molecule has 0 spiro atoms. The van der Waals surface area contributed by atoms with Gasteiger partial charge in [0, 0.05) is 17.8 Å². The molecule has 3 nitrogen and oxygen atoms in total. The molecule has 2 rings (SSSR count). The average Bonchev–Trinajstić information content (AvgIpc) is 3.18. The second-order valence-corrected chi connectivity index (χ2v) is 5.00. The first-order valence-electron chi connectivity index (χ1n) is 5.58. The molecule has 98 valence electrons. The standard InChI is InChI=1S/C13H9Cl2FN2O/c14-10-4-11(15)12(16)3-9(10)13(19)7(5-17)6-18-8-1-2-8/h3-4,6,8,18H,1-2H2. The number of hydrogen-bond acceptors (Lipinski definition) is 3. The number of Topliss-reactive ketones (excluding diaryl/α,β-unsaturated/α-hetero) is 1. The summed E-state index contributed by atoms with van der Waals surface area (Å²) in [5.41, 5.74) is -0.190. The Balaban J connectivity index is 2.29. The van der Waals surface area contributed by atoms with Crippen LogP contribution in [0.25, 0.3) is 0 Å². The normalized spacial score (nSPS) is 14.9. The fourth-order valence-corrected chi connectivity index (χ4v) is 1.91. The summed E-state index contributed by atoms with van der Waals surface area (Å²) in [6, 6.07) is 4.18. The Hall–Kier alpha value is -1.57. The highest BCUT2D eigenvalue weighted by Gasteiger charge is 2.22. The molecule has 6 heteroatoms. The maximum Gasteiger partial charge on any atom is 0.206 e. The highest BCUT2D eigenvalue weighted by molar-refractivity contribution is 6.37. The Bertz CT molecular complexity index is 603. The van der Waals surface area contributed by atoms with Gasteiger partial charge in [0.25, 0.3) is 0 Å². The number of allylic oxidation sites excluding steroid dienone is 1. The van der Waals surface area contributed by atoms with Crippen molar-refractivity contribution in [3.63, 3.8) is 0 Å². The summed E-state index contributed by atoms with van der Waals surface area (Å²) in [7, 11) is 0. The Morgan fingerprint density at radius 1 is 1.42 bits per heavy atom. The molecule has 1 aliphatic carbocycles. The lowest BCUT2D eigenvalue weighted by Crippen LogP contribution is -2.12. The van der Waals surface area contributed by atoms with E-state index in [1.54, 1.807) is 6.07 Å². The highest BCUT2D eigenvalue weighted by Crippen LogP contribution is 2.26. The van der Waals surface area contributed by atoms with Crippen molar-refractivity contribution in [1.29, 1.82) is 5.26 Å². The second-order valence-electron chi connectivity index (χ2n) is 4.19. The summed E-state index contributed by atoms with van der Waals surface area (Å²) in [5, 5.41) is 11.8. The van der Waals surface area contributed by atoms with Gasteiger partial charge in [-0.05, 0) is 25.0 Å². The fraction of sp³-hybridized carbons (Fsp3) is 0.231. The van der Waals surface area contributed by atoms with Crippen LogP contribution < -0.4 is 5.32 Å². The summed E-state index contributed by atoms with van der Waals surface area (Å²) in [5.74, 6) is -1.38. The van der Waals surface area contributed by atoms with Gasteiger partial charge in [-0.3, -0.25) is 4.79 Å². The molecule has 0 amide bonds. The van der Waals surface area contributed by atoms with Crippen LogP contribution in [0.1, 0.15) is 23.2 Å². The predicted molar refractivity (Wildman–Crippen MR) is 70.6 cm³/mol. The lowest BCUT2D eigenvalue weighted by atomic mass is 10.0. The number of benzene rings is 1. The number of ketones is 1. The van der Waals surface area contributed by atoms with E-state index in [0.29, 0.717) is 6.04 Å². The SMILES string of the molecule is N#CC(=CNC1CC1)C(=O)c1cc(F)c(Cl)cc1Cl. The molecule has 0 bridgehead atoms. The van der Waals surface area contributed by atoms with Gasteiger partial charge < -0.3 is 5.32 Å². The zero-order valence-corrected chi connectivity index (χ0v) is 11.2. The van der Waals surface area contributed by atoms with E-state index in [4.69, 9.17) is 28.5 Å². The van der Waals surface area contributed by atoms with Gasteiger partial charge in [0.2, 0.25) is 5.78 Å². The molecule has 0 aliphatic heterocycles. The number of nitrogens with one attached hydrogen (secondary N) is 1. The van der Waals surface area contributed by atoms with Crippen LogP contribution >= 0.6 is 23.2 Å². The van der Waals surface area contributed by atoms with E-state index >= 15 is 0 Å². The molecule has 0 radical (unpaired) electrons. The smallest absolute Gasteiger partial charge is 0.206 e. The Morgan fingerprint density at radius 3 is 2.68 bits per heavy atom. The molecule has 0 heterocycles. The first kappa shape index (κ1) is 13.9. The van der Waals surface area contributed by atoms with Crippen molar-refractivity contribution >= 4 is 29.0 Å². The molecular formula is C13H9Cl2FN2O. The third-order valence-electron chi connectivity index (χ3n) is 2.66. The van der Waals surface area contributed by atoms with Crippen LogP contribution in [0.15, 0.2) is 23.9 Å². The van der Waals surface area contributed by atoms with Gasteiger partial charge in [0.15, 0.2) is 0 Å². The van der Waals surface area contributed by atoms with Crippen LogP contribution in [-0.2, 0) is 0 Å². The molecule has 0 atom stereocenters. The minimum Gasteiger partial charge on any atom is -0.387 e. The maximum atomic E-state index is 13.4. The van der Waals surface area contributed by atoms with Crippen LogP contribution in [0.4, 0.5) is 4.39 Å². The zero-order valence-electron chi connectivity index (χ0n) is 9.71. The van der Waals surface area contributed by atoms with Gasteiger partial charge in [0.1, 0.15) is 17.5 Å². The van der Waals surface area contributed by atoms with Crippen molar-refractivity contribution in [3.8, 4) is 6.07 Å². The lowest BCUT2D eigenvalue weighted by Gasteiger charge is -2.04. The molecule has 1 aromatic carbocycles. The van der Waals surface area contributed by atoms with Crippen LogP contribution in [0.3, 0.4) is 0 Å². The number of nitrogens with zero attached hydrogens (tertiary/aromatic N) is 1. The minimum absolute atomic E-state index is 0.0176. The maximum absolute atomic E-state index is 13.4. The van der Waals surface area contributed by atoms with Gasteiger partial charge in [-0.2, -0.15) is 5.26 Å². The third kappa shape index (κ3) is 3.25. The molecule has 19 heavy (non-hydrogen) atoms. The number of halogens is 3. The number of carbonyl (C=O) groups is 1. The minimum atomic E-state index is -0.748. The predicted octanol–water partition coefficient (Wildman–Crippen LogP) is 3.47. The average molecular weight is 299 g/mol. The largest absolute Gasteiger partial charge is 0.387 e. The number of rotatable bonds is 4. The molecule has 0 saturated heterocycles. The van der Waals surface area contributed by atoms with Crippen LogP contribution in [0.2, 0.25) is 10.0 Å². The van der Waals surface area contributed by atoms with Gasteiger partial charge in [-0.15, -0.1) is 0 Å². The van der Waals surface area contributed by atoms with Crippen LogP contribution in [-0.4, -0.2) is 11.8 Å². The molecule has 0 unspecified atom stereocenters. The summed E-state index contributed by atoms with van der Waals surface area (Å²) in [4.78, 5) is 12.1. The molecule has 1 N–H and O–H groups in total. The molecular weight excluding hydrogens is 290 g/mol. The van der Waals surface area contributed by atoms with E-state index in [9.17, 15) is 9.18 Å². The second kappa shape index (κ2) is 5.60. The van der Waals surface area contributed by atoms with Crippen molar-refractivity contribution in [1.82, 2.24) is 5.32 Å². The highest BCUT2D eigenvalue weighted by atomic mass is 35.5. The fourth-order valence-electron chi connectivity index (χ4n) is 1.44. The summed E-state index contributed by atoms with van der Waals surface area (Å²) < 4.78 is 13.4. The van der Waals surface area contributed by atoms with Gasteiger partial charge >= 0.3 is 0 Å². The third-order valence-corrected chi connectivity index (χ3v) is 3.26. The van der Waals surface area contributed by atoms with Crippen molar-refractivity contribution in [3.05, 3.63) is 45.3 Å². The van der Waals surface area contributed by atoms with E-state index in [-0.39, 0.29) is 21.2 Å². The van der Waals surface area contributed by atoms with E-state index in [1.165, 1.54) is 6.20 Å². The molecule has 1 aliphatic rings. The quantitative estimate of drug-likeness (QED) is 0.401. The van der Waals surface area contributed by atoms with Crippen LogP contribution in [0.5, 0.6) is 0 Å². The van der Waals surface area contributed by atoms with E-state index in [2.05, 4.69) is 5.32 Å². The molecule has 1 aromatic rings. The number of nitriles is 1. The van der Waals surface area contributed by atoms with Gasteiger partial charge in [-0.1, -0.05) is 23.2 Å². The molecule has 1 saturated carbocycles. The Morgan fingerprint density at radius 2 is 2.11 bits per heavy atom. The first-order valence-corrected chi connectivity index (χ1v) is 6.34. The summed E-state index contributed by atoms with van der Waals surface area (Å²) >= 11 is 11.4. The monoisotopic (exact) mass is 298 g/mol. The van der Waals surface area contributed by atoms with E-state index < -0.39 is 11.6 Å². The number of hydrogen-bond donors (Lipinski definition) is 1. The van der Waals surface area contributed by atoms with Crippen molar-refractivity contribution < 1.29 is 9.18 Å². The van der Waals surface area contributed by atoms with Gasteiger partial charge in [0.05, 0.1) is 10.0 Å². The lowest BCUT2D eigenvalue weighted by molar-refractivity contribution is 0.103. The summed E-state index contributed by atoms with van der Waals surface area (Å²) in [6.07, 6.45) is 3.38. The Kier molecular flexibility index (Phi) is 4.08. The zero-order chi connectivity index (χ0) is 14.0. The van der Waals surface area contributed by atoms with E-state index in [0.717, 1.165) is 25.0 Å². The van der Waals surface area contributed by atoms with Crippen molar-refractivity contribution in [2.45, 2.75) is 18.9 Å². The summed E-state index contributed by atoms with van der Waals surface area (Å²) in [6.45, 7) is 0.